The average Bonchev–Trinajstić information content (AvgIpc) is 2.17. The molecule has 0 fully saturated rings. The van der Waals surface area contributed by atoms with Gasteiger partial charge in [-0.15, -0.1) is 11.6 Å². The quantitative estimate of drug-likeness (QED) is 0.536. The summed E-state index contributed by atoms with van der Waals surface area (Å²) in [6, 6.07) is 4.56. The van der Waals surface area contributed by atoms with Gasteiger partial charge in [0.2, 0.25) is 0 Å². The molecule has 1 aromatic rings. The second kappa shape index (κ2) is 4.87. The van der Waals surface area contributed by atoms with Crippen molar-refractivity contribution in [3.05, 3.63) is 42.2 Å². The van der Waals surface area contributed by atoms with E-state index in [2.05, 4.69) is 6.58 Å². The van der Waals surface area contributed by atoms with Gasteiger partial charge in [-0.1, -0.05) is 18.7 Å². The standard InChI is InChI=1S/C10H10ClFO/c1-2-5-13-10-6-8(7-11)3-4-9(10)12/h2-4,6H,1,5,7H2. The van der Waals surface area contributed by atoms with E-state index in [0.717, 1.165) is 5.56 Å². The molecule has 0 spiro atoms. The molecule has 0 radical (unpaired) electrons. The Labute approximate surface area is 81.8 Å². The molecule has 0 aliphatic rings. The third-order valence-electron chi connectivity index (χ3n) is 1.51. The molecule has 0 N–H and O–H groups in total. The van der Waals surface area contributed by atoms with Crippen molar-refractivity contribution in [3.63, 3.8) is 0 Å². The maximum Gasteiger partial charge on any atom is 0.165 e. The minimum Gasteiger partial charge on any atom is -0.486 e. The van der Waals surface area contributed by atoms with E-state index in [1.807, 2.05) is 0 Å². The number of alkyl halides is 1. The molecule has 0 saturated heterocycles. The second-order valence-corrected chi connectivity index (χ2v) is 2.77. The molecule has 0 aliphatic carbocycles. The van der Waals surface area contributed by atoms with Gasteiger partial charge in [-0.25, -0.2) is 4.39 Å². The molecule has 0 unspecified atom stereocenters. The fourth-order valence-electron chi connectivity index (χ4n) is 0.890. The van der Waals surface area contributed by atoms with Gasteiger partial charge in [-0.3, -0.25) is 0 Å². The van der Waals surface area contributed by atoms with Gasteiger partial charge in [0, 0.05) is 5.88 Å². The SMILES string of the molecule is C=CCOc1cc(CCl)ccc1F. The monoisotopic (exact) mass is 200 g/mol. The molecule has 0 saturated carbocycles. The fourth-order valence-corrected chi connectivity index (χ4v) is 1.06. The van der Waals surface area contributed by atoms with Crippen molar-refractivity contribution in [2.24, 2.45) is 0 Å². The molecule has 1 aromatic carbocycles. The number of ether oxygens (including phenoxy) is 1. The molecule has 0 atom stereocenters. The van der Waals surface area contributed by atoms with E-state index in [-0.39, 0.29) is 11.6 Å². The first kappa shape index (κ1) is 10.1. The van der Waals surface area contributed by atoms with Crippen LogP contribution in [-0.2, 0) is 5.88 Å². The van der Waals surface area contributed by atoms with E-state index in [4.69, 9.17) is 16.3 Å². The highest BCUT2D eigenvalue weighted by Crippen LogP contribution is 2.19. The summed E-state index contributed by atoms with van der Waals surface area (Å²) in [5.41, 5.74) is 0.835. The zero-order valence-corrected chi connectivity index (χ0v) is 7.85. The van der Waals surface area contributed by atoms with E-state index >= 15 is 0 Å². The summed E-state index contributed by atoms with van der Waals surface area (Å²) >= 11 is 5.59. The van der Waals surface area contributed by atoms with Crippen LogP contribution >= 0.6 is 11.6 Å². The highest BCUT2D eigenvalue weighted by atomic mass is 35.5. The minimum atomic E-state index is -0.379. The zero-order chi connectivity index (χ0) is 9.68. The number of hydrogen-bond donors (Lipinski definition) is 0. The Morgan fingerprint density at radius 2 is 2.31 bits per heavy atom. The van der Waals surface area contributed by atoms with Crippen LogP contribution in [0.15, 0.2) is 30.9 Å². The third kappa shape index (κ3) is 2.74. The molecule has 13 heavy (non-hydrogen) atoms. The van der Waals surface area contributed by atoms with Crippen molar-refractivity contribution in [2.75, 3.05) is 6.61 Å². The van der Waals surface area contributed by atoms with Crippen LogP contribution in [0.25, 0.3) is 0 Å². The van der Waals surface area contributed by atoms with Gasteiger partial charge in [0.25, 0.3) is 0 Å². The summed E-state index contributed by atoms with van der Waals surface area (Å²) in [7, 11) is 0. The van der Waals surface area contributed by atoms with Gasteiger partial charge in [-0.05, 0) is 17.7 Å². The Bertz CT molecular complexity index is 299. The lowest BCUT2D eigenvalue weighted by Gasteiger charge is -2.05. The van der Waals surface area contributed by atoms with E-state index in [1.54, 1.807) is 18.2 Å². The van der Waals surface area contributed by atoms with Crippen LogP contribution < -0.4 is 4.74 Å². The Morgan fingerprint density at radius 1 is 1.54 bits per heavy atom. The smallest absolute Gasteiger partial charge is 0.165 e. The summed E-state index contributed by atoms with van der Waals surface area (Å²) < 4.78 is 18.1. The van der Waals surface area contributed by atoms with E-state index in [1.165, 1.54) is 6.07 Å². The molecule has 1 rings (SSSR count). The van der Waals surface area contributed by atoms with Crippen molar-refractivity contribution in [2.45, 2.75) is 5.88 Å². The Hall–Kier alpha value is -1.02. The lowest BCUT2D eigenvalue weighted by Crippen LogP contribution is -1.96. The van der Waals surface area contributed by atoms with Crippen molar-refractivity contribution in [1.29, 1.82) is 0 Å². The lowest BCUT2D eigenvalue weighted by molar-refractivity contribution is 0.341. The van der Waals surface area contributed by atoms with Crippen molar-refractivity contribution >= 4 is 11.6 Å². The van der Waals surface area contributed by atoms with Crippen LogP contribution in [-0.4, -0.2) is 6.61 Å². The van der Waals surface area contributed by atoms with E-state index in [0.29, 0.717) is 12.5 Å². The summed E-state index contributed by atoms with van der Waals surface area (Å²) in [6.07, 6.45) is 1.56. The van der Waals surface area contributed by atoms with Gasteiger partial charge in [0.05, 0.1) is 0 Å². The number of halogens is 2. The number of rotatable bonds is 4. The predicted octanol–water partition coefficient (Wildman–Crippen LogP) is 3.13. The van der Waals surface area contributed by atoms with Crippen LogP contribution in [0.2, 0.25) is 0 Å². The summed E-state index contributed by atoms with van der Waals surface area (Å²) in [5.74, 6) is 0.193. The molecule has 70 valence electrons. The first-order chi connectivity index (χ1) is 6.27. The predicted molar refractivity (Wildman–Crippen MR) is 51.6 cm³/mol. The third-order valence-corrected chi connectivity index (χ3v) is 1.82. The largest absolute Gasteiger partial charge is 0.486 e. The maximum atomic E-state index is 13.0. The minimum absolute atomic E-state index is 0.220. The van der Waals surface area contributed by atoms with Crippen molar-refractivity contribution < 1.29 is 9.13 Å². The van der Waals surface area contributed by atoms with Crippen LogP contribution in [0.5, 0.6) is 5.75 Å². The molecule has 0 aliphatic heterocycles. The van der Waals surface area contributed by atoms with E-state index < -0.39 is 0 Å². The van der Waals surface area contributed by atoms with Gasteiger partial charge in [0.15, 0.2) is 11.6 Å². The highest BCUT2D eigenvalue weighted by molar-refractivity contribution is 6.17. The highest BCUT2D eigenvalue weighted by Gasteiger charge is 2.03. The van der Waals surface area contributed by atoms with Crippen molar-refractivity contribution in [3.8, 4) is 5.75 Å². The van der Waals surface area contributed by atoms with Crippen LogP contribution in [0.3, 0.4) is 0 Å². The molecular formula is C10H10ClFO. The van der Waals surface area contributed by atoms with Gasteiger partial charge >= 0.3 is 0 Å². The average molecular weight is 201 g/mol. The summed E-state index contributed by atoms with van der Waals surface area (Å²) in [6.45, 7) is 3.77. The molecule has 1 nitrogen and oxygen atoms in total. The fraction of sp³-hybridized carbons (Fsp3) is 0.200. The zero-order valence-electron chi connectivity index (χ0n) is 7.09. The summed E-state index contributed by atoms with van der Waals surface area (Å²) in [4.78, 5) is 0. The van der Waals surface area contributed by atoms with Gasteiger partial charge < -0.3 is 4.74 Å². The summed E-state index contributed by atoms with van der Waals surface area (Å²) in [5, 5.41) is 0. The Balaban J connectivity index is 2.83. The molecule has 0 heterocycles. The van der Waals surface area contributed by atoms with Gasteiger partial charge in [-0.2, -0.15) is 0 Å². The topological polar surface area (TPSA) is 9.23 Å². The van der Waals surface area contributed by atoms with Crippen molar-refractivity contribution in [1.82, 2.24) is 0 Å². The number of benzene rings is 1. The molecule has 0 amide bonds. The maximum absolute atomic E-state index is 13.0. The normalized spacial score (nSPS) is 9.69. The molecular weight excluding hydrogens is 191 g/mol. The van der Waals surface area contributed by atoms with Crippen LogP contribution in [0.1, 0.15) is 5.56 Å². The Kier molecular flexibility index (Phi) is 3.77. The van der Waals surface area contributed by atoms with Crippen LogP contribution in [0, 0.1) is 5.82 Å². The second-order valence-electron chi connectivity index (χ2n) is 2.50. The van der Waals surface area contributed by atoms with E-state index in [9.17, 15) is 4.39 Å². The number of hydrogen-bond acceptors (Lipinski definition) is 1. The Morgan fingerprint density at radius 3 is 2.92 bits per heavy atom. The molecule has 0 aromatic heterocycles. The van der Waals surface area contributed by atoms with Gasteiger partial charge in [0.1, 0.15) is 6.61 Å². The lowest BCUT2D eigenvalue weighted by atomic mass is 10.2. The first-order valence-corrected chi connectivity index (χ1v) is 4.39. The first-order valence-electron chi connectivity index (χ1n) is 3.86. The molecule has 0 bridgehead atoms. The van der Waals surface area contributed by atoms with Crippen LogP contribution in [0.4, 0.5) is 4.39 Å². The molecule has 3 heteroatoms.